The molecule has 0 spiro atoms. The molecule has 88 valence electrons. The summed E-state index contributed by atoms with van der Waals surface area (Å²) >= 11 is 5.75. The summed E-state index contributed by atoms with van der Waals surface area (Å²) in [5.74, 6) is 0.331. The van der Waals surface area contributed by atoms with Crippen molar-refractivity contribution >= 4 is 21.6 Å². The van der Waals surface area contributed by atoms with Crippen LogP contribution in [0.3, 0.4) is 0 Å². The van der Waals surface area contributed by atoms with Crippen LogP contribution in [0.25, 0.3) is 0 Å². The Balaban J connectivity index is 2.31. The number of hydrogen-bond donors (Lipinski definition) is 0. The lowest BCUT2D eigenvalue weighted by Gasteiger charge is -2.10. The van der Waals surface area contributed by atoms with Crippen molar-refractivity contribution in [1.82, 2.24) is 4.31 Å². The van der Waals surface area contributed by atoms with Crippen LogP contribution in [-0.4, -0.2) is 30.7 Å². The Hall–Kier alpha value is -0.580. The van der Waals surface area contributed by atoms with Gasteiger partial charge in [0.15, 0.2) is 0 Å². The molecule has 0 aliphatic carbocycles. The van der Waals surface area contributed by atoms with Gasteiger partial charge in [0.1, 0.15) is 0 Å². The van der Waals surface area contributed by atoms with E-state index in [4.69, 9.17) is 11.6 Å². The zero-order valence-corrected chi connectivity index (χ0v) is 10.8. The number of hydrogen-bond acceptors (Lipinski definition) is 2. The van der Waals surface area contributed by atoms with Crippen LogP contribution in [0.15, 0.2) is 29.2 Å². The predicted octanol–water partition coefficient (Wildman–Crippen LogP) is 2.00. The first kappa shape index (κ1) is 11.9. The molecular formula is C11H14ClNO2S. The Morgan fingerprint density at radius 3 is 2.38 bits per heavy atom. The van der Waals surface area contributed by atoms with Gasteiger partial charge in [-0.3, -0.25) is 0 Å². The number of rotatable bonds is 3. The number of halogens is 1. The average Bonchev–Trinajstić information content (AvgIpc) is 2.93. The monoisotopic (exact) mass is 259 g/mol. The third-order valence-corrected chi connectivity index (χ3v) is 5.47. The molecule has 1 aromatic carbocycles. The summed E-state index contributed by atoms with van der Waals surface area (Å²) in [5.41, 5.74) is 0.649. The van der Waals surface area contributed by atoms with Crippen molar-refractivity contribution in [3.8, 4) is 0 Å². The molecule has 1 unspecified atom stereocenters. The second-order valence-electron chi connectivity index (χ2n) is 4.46. The highest BCUT2D eigenvalue weighted by Crippen LogP contribution is 2.38. The average molecular weight is 260 g/mol. The van der Waals surface area contributed by atoms with E-state index in [-0.39, 0.29) is 0 Å². The molecule has 1 fully saturated rings. The molecule has 5 heteroatoms. The van der Waals surface area contributed by atoms with E-state index in [1.54, 1.807) is 24.3 Å². The highest BCUT2D eigenvalue weighted by atomic mass is 35.5. The fraction of sp³-hybridized carbons (Fsp3) is 0.455. The quantitative estimate of drug-likeness (QED) is 0.615. The first-order chi connectivity index (χ1) is 7.40. The molecular weight excluding hydrogens is 246 g/mol. The summed E-state index contributed by atoms with van der Waals surface area (Å²) in [6, 6.07) is 6.87. The lowest BCUT2D eigenvalue weighted by molar-refractivity contribution is 0.531. The lowest BCUT2D eigenvalue weighted by Crippen LogP contribution is -2.22. The summed E-state index contributed by atoms with van der Waals surface area (Å²) < 4.78 is 25.7. The van der Waals surface area contributed by atoms with Gasteiger partial charge in [0.2, 0.25) is 10.0 Å². The Bertz CT molecular complexity index is 497. The molecule has 0 amide bonds. The molecule has 0 N–H and O–H groups in total. The van der Waals surface area contributed by atoms with Crippen LogP contribution < -0.4 is 0 Å². The lowest BCUT2D eigenvalue weighted by atomic mass is 10.2. The highest BCUT2D eigenvalue weighted by Gasteiger charge is 2.54. The molecule has 2 rings (SSSR count). The van der Waals surface area contributed by atoms with Gasteiger partial charge in [0.05, 0.1) is 10.4 Å². The maximum absolute atomic E-state index is 12.1. The van der Waals surface area contributed by atoms with E-state index in [1.807, 2.05) is 13.8 Å². The van der Waals surface area contributed by atoms with E-state index in [2.05, 4.69) is 0 Å². The normalized spacial score (nSPS) is 29.1. The zero-order chi connectivity index (χ0) is 12.0. The number of sulfonamides is 1. The van der Waals surface area contributed by atoms with Crippen molar-refractivity contribution in [2.24, 2.45) is 0 Å². The van der Waals surface area contributed by atoms with E-state index < -0.39 is 15.6 Å². The Kier molecular flexibility index (Phi) is 2.77. The number of nitrogens with zero attached hydrogens (tertiary/aromatic N) is 1. The molecule has 2 atom stereocenters. The SMILES string of the molecule is Cc1ccc(S(=O)(=O)N2C[C@]2(C)CCl)cc1. The van der Waals surface area contributed by atoms with Gasteiger partial charge in [-0.15, -0.1) is 11.6 Å². The van der Waals surface area contributed by atoms with E-state index >= 15 is 0 Å². The van der Waals surface area contributed by atoms with Gasteiger partial charge in [0.25, 0.3) is 0 Å². The fourth-order valence-electron chi connectivity index (χ4n) is 1.60. The summed E-state index contributed by atoms with van der Waals surface area (Å²) in [5, 5.41) is 0. The van der Waals surface area contributed by atoms with E-state index in [1.165, 1.54) is 4.31 Å². The van der Waals surface area contributed by atoms with Crippen LogP contribution >= 0.6 is 11.6 Å². The van der Waals surface area contributed by atoms with Crippen molar-refractivity contribution in [2.45, 2.75) is 24.3 Å². The largest absolute Gasteiger partial charge is 0.243 e. The van der Waals surface area contributed by atoms with Crippen molar-refractivity contribution in [3.63, 3.8) is 0 Å². The maximum Gasteiger partial charge on any atom is 0.243 e. The number of alkyl halides is 1. The van der Waals surface area contributed by atoms with Crippen LogP contribution in [0.1, 0.15) is 12.5 Å². The fourth-order valence-corrected chi connectivity index (χ4v) is 3.72. The highest BCUT2D eigenvalue weighted by molar-refractivity contribution is 7.89. The van der Waals surface area contributed by atoms with E-state index in [0.29, 0.717) is 17.3 Å². The van der Waals surface area contributed by atoms with E-state index in [0.717, 1.165) is 5.56 Å². The zero-order valence-electron chi connectivity index (χ0n) is 9.27. The third-order valence-electron chi connectivity index (χ3n) is 2.88. The topological polar surface area (TPSA) is 37.1 Å². The molecule has 0 radical (unpaired) electrons. The number of aryl methyl sites for hydroxylation is 1. The molecule has 1 aromatic rings. The van der Waals surface area contributed by atoms with Crippen LogP contribution in [-0.2, 0) is 10.0 Å². The van der Waals surface area contributed by atoms with Crippen molar-refractivity contribution in [1.29, 1.82) is 0 Å². The Morgan fingerprint density at radius 2 is 1.94 bits per heavy atom. The second-order valence-corrected chi connectivity index (χ2v) is 6.58. The maximum atomic E-state index is 12.1. The van der Waals surface area contributed by atoms with Crippen LogP contribution in [0.5, 0.6) is 0 Å². The van der Waals surface area contributed by atoms with Gasteiger partial charge < -0.3 is 0 Å². The third kappa shape index (κ3) is 1.85. The minimum Gasteiger partial charge on any atom is -0.207 e. The van der Waals surface area contributed by atoms with Crippen LogP contribution in [0.2, 0.25) is 0 Å². The molecule has 16 heavy (non-hydrogen) atoms. The van der Waals surface area contributed by atoms with Gasteiger partial charge in [-0.1, -0.05) is 17.7 Å². The Labute approximate surface area is 101 Å². The van der Waals surface area contributed by atoms with Gasteiger partial charge in [0, 0.05) is 12.4 Å². The van der Waals surface area contributed by atoms with Gasteiger partial charge in [-0.05, 0) is 26.0 Å². The first-order valence-electron chi connectivity index (χ1n) is 5.06. The molecule has 1 aliphatic rings. The summed E-state index contributed by atoms with van der Waals surface area (Å²) in [6.45, 7) is 4.29. The summed E-state index contributed by atoms with van der Waals surface area (Å²) in [4.78, 5) is 0.340. The van der Waals surface area contributed by atoms with Crippen molar-refractivity contribution in [2.75, 3.05) is 12.4 Å². The molecule has 1 aliphatic heterocycles. The number of benzene rings is 1. The van der Waals surface area contributed by atoms with Gasteiger partial charge >= 0.3 is 0 Å². The van der Waals surface area contributed by atoms with Crippen LogP contribution in [0, 0.1) is 6.92 Å². The standard InChI is InChI=1S/C11H14ClNO2S/c1-9-3-5-10(6-4-9)16(14,15)13-8-11(13,2)7-12/h3-6H,7-8H2,1-2H3/t11-,13?/m0/s1. The smallest absolute Gasteiger partial charge is 0.207 e. The summed E-state index contributed by atoms with van der Waals surface area (Å²) in [7, 11) is -3.35. The van der Waals surface area contributed by atoms with Crippen molar-refractivity contribution in [3.05, 3.63) is 29.8 Å². The molecule has 0 aromatic heterocycles. The molecule has 0 bridgehead atoms. The van der Waals surface area contributed by atoms with E-state index in [9.17, 15) is 8.42 Å². The second kappa shape index (κ2) is 3.72. The first-order valence-corrected chi connectivity index (χ1v) is 7.03. The van der Waals surface area contributed by atoms with Gasteiger partial charge in [-0.2, -0.15) is 4.31 Å². The molecule has 3 nitrogen and oxygen atoms in total. The minimum atomic E-state index is -3.35. The van der Waals surface area contributed by atoms with Crippen molar-refractivity contribution < 1.29 is 8.42 Å². The Morgan fingerprint density at radius 1 is 1.38 bits per heavy atom. The van der Waals surface area contributed by atoms with Gasteiger partial charge in [-0.25, -0.2) is 8.42 Å². The molecule has 1 saturated heterocycles. The molecule has 1 heterocycles. The minimum absolute atomic E-state index is 0.331. The predicted molar refractivity (Wildman–Crippen MR) is 64.2 cm³/mol. The van der Waals surface area contributed by atoms with Crippen LogP contribution in [0.4, 0.5) is 0 Å². The summed E-state index contributed by atoms with van der Waals surface area (Å²) in [6.07, 6.45) is 0. The molecule has 0 saturated carbocycles.